The van der Waals surface area contributed by atoms with Crippen molar-refractivity contribution < 1.29 is 23.0 Å². The number of ether oxygens (including phenoxy) is 2. The Hall–Kier alpha value is -1.07. The van der Waals surface area contributed by atoms with E-state index < -0.39 is 12.6 Å². The maximum atomic E-state index is 12.2. The molecular formula is C11H10Cl2F2O3. The van der Waals surface area contributed by atoms with Crippen LogP contribution < -0.4 is 4.74 Å². The van der Waals surface area contributed by atoms with Gasteiger partial charge in [0.25, 0.3) is 0 Å². The first-order chi connectivity index (χ1) is 8.43. The number of alkyl halides is 2. The van der Waals surface area contributed by atoms with E-state index in [1.54, 1.807) is 6.92 Å². The van der Waals surface area contributed by atoms with Gasteiger partial charge in [0.1, 0.15) is 5.75 Å². The van der Waals surface area contributed by atoms with Gasteiger partial charge in [-0.1, -0.05) is 23.2 Å². The standard InChI is InChI=1S/C11H10Cl2F2O3/c1-2-17-10(16)5-7-8(13)3-6(12)4-9(7)18-11(14)15/h3-4,11H,2,5H2,1H3. The molecule has 0 unspecified atom stereocenters. The highest BCUT2D eigenvalue weighted by Crippen LogP contribution is 2.32. The lowest BCUT2D eigenvalue weighted by Gasteiger charge is -2.12. The molecule has 18 heavy (non-hydrogen) atoms. The minimum atomic E-state index is -3.03. The van der Waals surface area contributed by atoms with Gasteiger partial charge in [0, 0.05) is 15.6 Å². The van der Waals surface area contributed by atoms with E-state index in [4.69, 9.17) is 27.9 Å². The first kappa shape index (κ1) is 15.0. The van der Waals surface area contributed by atoms with Crippen LogP contribution in [0.25, 0.3) is 0 Å². The zero-order valence-electron chi connectivity index (χ0n) is 9.38. The van der Waals surface area contributed by atoms with Crippen molar-refractivity contribution >= 4 is 29.2 Å². The first-order valence-electron chi connectivity index (χ1n) is 5.02. The van der Waals surface area contributed by atoms with Crippen LogP contribution in [-0.4, -0.2) is 19.2 Å². The van der Waals surface area contributed by atoms with Gasteiger partial charge in [0.05, 0.1) is 13.0 Å². The number of rotatable bonds is 5. The molecule has 0 spiro atoms. The Morgan fingerprint density at radius 3 is 2.61 bits per heavy atom. The SMILES string of the molecule is CCOC(=O)Cc1c(Cl)cc(Cl)cc1OC(F)F. The minimum Gasteiger partial charge on any atom is -0.466 e. The molecule has 1 aromatic carbocycles. The molecule has 0 heterocycles. The van der Waals surface area contributed by atoms with Crippen LogP contribution >= 0.6 is 23.2 Å². The van der Waals surface area contributed by atoms with E-state index in [0.717, 1.165) is 0 Å². The molecule has 0 saturated carbocycles. The molecule has 100 valence electrons. The topological polar surface area (TPSA) is 35.5 Å². The largest absolute Gasteiger partial charge is 0.466 e. The van der Waals surface area contributed by atoms with Gasteiger partial charge in [0.2, 0.25) is 0 Å². The molecule has 0 aliphatic heterocycles. The van der Waals surface area contributed by atoms with Gasteiger partial charge in [0.15, 0.2) is 0 Å². The van der Waals surface area contributed by atoms with Crippen molar-refractivity contribution in [1.29, 1.82) is 0 Å². The van der Waals surface area contributed by atoms with E-state index in [0.29, 0.717) is 0 Å². The molecular weight excluding hydrogens is 289 g/mol. The van der Waals surface area contributed by atoms with E-state index >= 15 is 0 Å². The van der Waals surface area contributed by atoms with E-state index in [1.165, 1.54) is 12.1 Å². The number of esters is 1. The van der Waals surface area contributed by atoms with Crippen LogP contribution in [0.2, 0.25) is 10.0 Å². The Balaban J connectivity index is 3.03. The van der Waals surface area contributed by atoms with Crippen LogP contribution in [0, 0.1) is 0 Å². The Labute approximate surface area is 113 Å². The third-order valence-electron chi connectivity index (χ3n) is 1.96. The zero-order chi connectivity index (χ0) is 13.7. The maximum absolute atomic E-state index is 12.2. The molecule has 1 rings (SSSR count). The number of hydrogen-bond acceptors (Lipinski definition) is 3. The second kappa shape index (κ2) is 6.75. The van der Waals surface area contributed by atoms with E-state index in [2.05, 4.69) is 4.74 Å². The lowest BCUT2D eigenvalue weighted by Crippen LogP contribution is -2.11. The second-order valence-corrected chi connectivity index (χ2v) is 4.07. The number of hydrogen-bond donors (Lipinski definition) is 0. The van der Waals surface area contributed by atoms with Crippen molar-refractivity contribution in [3.05, 3.63) is 27.7 Å². The summed E-state index contributed by atoms with van der Waals surface area (Å²) in [6.07, 6.45) is -0.258. The predicted molar refractivity (Wildman–Crippen MR) is 63.4 cm³/mol. The number of halogens is 4. The van der Waals surface area contributed by atoms with E-state index in [1.807, 2.05) is 0 Å². The van der Waals surface area contributed by atoms with Gasteiger partial charge in [-0.2, -0.15) is 8.78 Å². The lowest BCUT2D eigenvalue weighted by atomic mass is 10.1. The highest BCUT2D eigenvalue weighted by Gasteiger charge is 2.17. The third kappa shape index (κ3) is 4.31. The van der Waals surface area contributed by atoms with Crippen molar-refractivity contribution in [2.75, 3.05) is 6.61 Å². The quantitative estimate of drug-likeness (QED) is 0.778. The average molecular weight is 299 g/mol. The summed E-state index contributed by atoms with van der Waals surface area (Å²) in [4.78, 5) is 11.3. The molecule has 0 N–H and O–H groups in total. The Kier molecular flexibility index (Phi) is 5.62. The summed E-state index contributed by atoms with van der Waals surface area (Å²) in [5, 5.41) is 0.217. The molecule has 0 bridgehead atoms. The molecule has 0 aromatic heterocycles. The summed E-state index contributed by atoms with van der Waals surface area (Å²) in [7, 11) is 0. The van der Waals surface area contributed by atoms with Crippen molar-refractivity contribution in [3.63, 3.8) is 0 Å². The van der Waals surface area contributed by atoms with Gasteiger partial charge in [-0.3, -0.25) is 4.79 Å². The fraction of sp³-hybridized carbons (Fsp3) is 0.364. The fourth-order valence-electron chi connectivity index (χ4n) is 1.31. The highest BCUT2D eigenvalue weighted by atomic mass is 35.5. The van der Waals surface area contributed by atoms with Gasteiger partial charge in [-0.05, 0) is 19.1 Å². The average Bonchev–Trinajstić information content (AvgIpc) is 2.22. The van der Waals surface area contributed by atoms with Crippen LogP contribution in [0.5, 0.6) is 5.75 Å². The smallest absolute Gasteiger partial charge is 0.387 e. The molecule has 0 amide bonds. The molecule has 0 aliphatic carbocycles. The second-order valence-electron chi connectivity index (χ2n) is 3.22. The summed E-state index contributed by atoms with van der Waals surface area (Å²) < 4.78 is 33.4. The third-order valence-corrected chi connectivity index (χ3v) is 2.52. The molecule has 7 heteroatoms. The van der Waals surface area contributed by atoms with Crippen molar-refractivity contribution in [1.82, 2.24) is 0 Å². The molecule has 0 saturated heterocycles. The summed E-state index contributed by atoms with van der Waals surface area (Å²) in [5.74, 6) is -0.809. The van der Waals surface area contributed by atoms with E-state index in [9.17, 15) is 13.6 Å². The predicted octanol–water partition coefficient (Wildman–Crippen LogP) is 3.70. The molecule has 3 nitrogen and oxygen atoms in total. The lowest BCUT2D eigenvalue weighted by molar-refractivity contribution is -0.142. The minimum absolute atomic E-state index is 0.0752. The summed E-state index contributed by atoms with van der Waals surface area (Å²) in [6.45, 7) is -1.20. The van der Waals surface area contributed by atoms with Gasteiger partial charge in [-0.25, -0.2) is 0 Å². The molecule has 1 aromatic rings. The van der Waals surface area contributed by atoms with Gasteiger partial charge < -0.3 is 9.47 Å². The normalized spacial score (nSPS) is 10.6. The van der Waals surface area contributed by atoms with Gasteiger partial charge in [-0.15, -0.1) is 0 Å². The van der Waals surface area contributed by atoms with Crippen molar-refractivity contribution in [2.45, 2.75) is 20.0 Å². The van der Waals surface area contributed by atoms with Crippen LogP contribution in [0.1, 0.15) is 12.5 Å². The first-order valence-corrected chi connectivity index (χ1v) is 5.78. The van der Waals surface area contributed by atoms with Crippen LogP contribution in [0.4, 0.5) is 8.78 Å². The van der Waals surface area contributed by atoms with Crippen molar-refractivity contribution in [2.24, 2.45) is 0 Å². The number of carbonyl (C=O) groups excluding carboxylic acids is 1. The zero-order valence-corrected chi connectivity index (χ0v) is 10.9. The fourth-order valence-corrected chi connectivity index (χ4v) is 1.85. The molecule has 0 fully saturated rings. The van der Waals surface area contributed by atoms with Gasteiger partial charge >= 0.3 is 12.6 Å². The number of carbonyl (C=O) groups is 1. The Morgan fingerprint density at radius 2 is 2.06 bits per heavy atom. The monoisotopic (exact) mass is 298 g/mol. The molecule has 0 atom stereocenters. The van der Waals surface area contributed by atoms with Crippen LogP contribution in [0.15, 0.2) is 12.1 Å². The summed E-state index contributed by atoms with van der Waals surface area (Å²) in [5.41, 5.74) is 0.125. The highest BCUT2D eigenvalue weighted by molar-refractivity contribution is 6.35. The van der Waals surface area contributed by atoms with Crippen molar-refractivity contribution in [3.8, 4) is 5.75 Å². The molecule has 0 aliphatic rings. The van der Waals surface area contributed by atoms with Crippen LogP contribution in [-0.2, 0) is 16.0 Å². The summed E-state index contributed by atoms with van der Waals surface area (Å²) in [6, 6.07) is 2.52. The maximum Gasteiger partial charge on any atom is 0.387 e. The molecule has 0 radical (unpaired) electrons. The Morgan fingerprint density at radius 1 is 1.39 bits per heavy atom. The number of benzene rings is 1. The van der Waals surface area contributed by atoms with E-state index in [-0.39, 0.29) is 34.4 Å². The Bertz CT molecular complexity index is 439. The van der Waals surface area contributed by atoms with Crippen LogP contribution in [0.3, 0.4) is 0 Å². The summed E-state index contributed by atoms with van der Waals surface area (Å²) >= 11 is 11.5.